The lowest BCUT2D eigenvalue weighted by atomic mass is 10.1. The molecular weight excluding hydrogens is 464 g/mol. The molecule has 3 heterocycles. The minimum atomic E-state index is 0.0440. The number of carbonyl (C=O) groups is 2. The number of unbranched alkanes of at least 4 members (excludes halogenated alkanes) is 1. The number of benzene rings is 1. The topological polar surface area (TPSA) is 83.4 Å². The van der Waals surface area contributed by atoms with Crippen LogP contribution in [0.3, 0.4) is 0 Å². The number of piperidine rings is 1. The zero-order valence-corrected chi connectivity index (χ0v) is 22.5. The van der Waals surface area contributed by atoms with E-state index in [2.05, 4.69) is 21.7 Å². The van der Waals surface area contributed by atoms with Crippen LogP contribution in [0.2, 0.25) is 0 Å². The van der Waals surface area contributed by atoms with Gasteiger partial charge in [0.25, 0.3) is 0 Å². The predicted octanol–water partition coefficient (Wildman–Crippen LogP) is 5.80. The lowest BCUT2D eigenvalue weighted by Crippen LogP contribution is -2.32. The molecule has 0 spiro atoms. The maximum absolute atomic E-state index is 12.7. The zero-order valence-electron chi connectivity index (χ0n) is 22.5. The Hall–Kier alpha value is -3.26. The van der Waals surface area contributed by atoms with E-state index >= 15 is 0 Å². The number of Topliss-reactive ketones (excluding diaryl/α,β-unsaturated/α-hetero) is 1. The van der Waals surface area contributed by atoms with Crippen molar-refractivity contribution in [3.8, 4) is 0 Å². The number of nitrogens with zero attached hydrogens (tertiary/aromatic N) is 5. The summed E-state index contributed by atoms with van der Waals surface area (Å²) in [5.41, 5.74) is 3.12. The highest BCUT2D eigenvalue weighted by atomic mass is 16.2. The van der Waals surface area contributed by atoms with Crippen LogP contribution >= 0.6 is 0 Å². The number of hydrogen-bond donors (Lipinski definition) is 1. The molecule has 8 nitrogen and oxygen atoms in total. The molecule has 0 saturated carbocycles. The van der Waals surface area contributed by atoms with Crippen molar-refractivity contribution in [1.82, 2.24) is 19.4 Å². The molecule has 37 heavy (non-hydrogen) atoms. The van der Waals surface area contributed by atoms with Crippen LogP contribution in [-0.2, 0) is 11.3 Å². The molecule has 4 rings (SSSR count). The largest absolute Gasteiger partial charge is 0.326 e. The molecule has 1 aliphatic heterocycles. The van der Waals surface area contributed by atoms with Gasteiger partial charge < -0.3 is 10.2 Å². The van der Waals surface area contributed by atoms with Crippen molar-refractivity contribution in [2.45, 2.75) is 72.3 Å². The number of pyridine rings is 1. The lowest BCUT2D eigenvalue weighted by Gasteiger charge is -2.26. The fraction of sp³-hybridized carbons (Fsp3) is 0.517. The lowest BCUT2D eigenvalue weighted by molar-refractivity contribution is -0.118. The van der Waals surface area contributed by atoms with E-state index in [0.29, 0.717) is 24.3 Å². The first-order chi connectivity index (χ1) is 18.0. The van der Waals surface area contributed by atoms with E-state index < -0.39 is 0 Å². The van der Waals surface area contributed by atoms with E-state index in [1.54, 1.807) is 6.92 Å². The monoisotopic (exact) mass is 504 g/mol. The minimum absolute atomic E-state index is 0.0440. The molecule has 2 aromatic heterocycles. The van der Waals surface area contributed by atoms with Gasteiger partial charge in [0, 0.05) is 30.8 Å². The van der Waals surface area contributed by atoms with Crippen molar-refractivity contribution in [1.29, 1.82) is 0 Å². The Kier molecular flexibility index (Phi) is 9.28. The van der Waals surface area contributed by atoms with Crippen molar-refractivity contribution in [3.05, 3.63) is 42.0 Å². The molecular formula is C29H40N6O2. The summed E-state index contributed by atoms with van der Waals surface area (Å²) >= 11 is 0. The molecule has 0 bridgehead atoms. The van der Waals surface area contributed by atoms with Crippen molar-refractivity contribution >= 4 is 40.3 Å². The molecule has 1 fully saturated rings. The van der Waals surface area contributed by atoms with Gasteiger partial charge in [0.15, 0.2) is 11.4 Å². The Bertz CT molecular complexity index is 1200. The molecule has 0 unspecified atom stereocenters. The van der Waals surface area contributed by atoms with Gasteiger partial charge in [0.05, 0.1) is 0 Å². The third-order valence-electron chi connectivity index (χ3n) is 7.05. The van der Waals surface area contributed by atoms with Crippen molar-refractivity contribution in [2.24, 2.45) is 0 Å². The third-order valence-corrected chi connectivity index (χ3v) is 7.05. The molecule has 0 radical (unpaired) electrons. The van der Waals surface area contributed by atoms with Gasteiger partial charge >= 0.3 is 0 Å². The molecule has 1 aromatic carbocycles. The summed E-state index contributed by atoms with van der Waals surface area (Å²) in [6.45, 7) is 10.4. The Morgan fingerprint density at radius 1 is 0.946 bits per heavy atom. The summed E-state index contributed by atoms with van der Waals surface area (Å²) in [5, 5.41) is 3.44. The van der Waals surface area contributed by atoms with Crippen LogP contribution < -0.4 is 10.2 Å². The summed E-state index contributed by atoms with van der Waals surface area (Å²) in [7, 11) is 0. The second-order valence-electron chi connectivity index (χ2n) is 9.87. The normalized spacial score (nSPS) is 14.1. The second kappa shape index (κ2) is 12.8. The molecule has 1 aliphatic rings. The smallest absolute Gasteiger partial charge is 0.227 e. The number of anilines is 3. The molecule has 0 aliphatic carbocycles. The fourth-order valence-corrected chi connectivity index (χ4v) is 4.88. The van der Waals surface area contributed by atoms with Crippen LogP contribution in [0.15, 0.2) is 36.4 Å². The zero-order chi connectivity index (χ0) is 26.2. The molecule has 3 aromatic rings. The summed E-state index contributed by atoms with van der Waals surface area (Å²) in [4.78, 5) is 38.6. The SMILES string of the molecule is CCCCN(C(=O)CC)c1ccc2nc(Nc3ccc(C(C)=O)cc3)n(CCCN3CCCCC3)c2n1. The van der Waals surface area contributed by atoms with Gasteiger partial charge in [0.2, 0.25) is 11.9 Å². The van der Waals surface area contributed by atoms with Crippen LogP contribution in [-0.4, -0.2) is 57.3 Å². The van der Waals surface area contributed by atoms with E-state index in [0.717, 1.165) is 55.2 Å². The van der Waals surface area contributed by atoms with Crippen molar-refractivity contribution in [3.63, 3.8) is 0 Å². The van der Waals surface area contributed by atoms with Gasteiger partial charge in [-0.05, 0) is 88.6 Å². The first-order valence-electron chi connectivity index (χ1n) is 13.8. The van der Waals surface area contributed by atoms with Crippen LogP contribution in [0, 0.1) is 0 Å². The predicted molar refractivity (Wildman–Crippen MR) is 150 cm³/mol. The molecule has 0 atom stereocenters. The van der Waals surface area contributed by atoms with E-state index in [-0.39, 0.29) is 11.7 Å². The Morgan fingerprint density at radius 2 is 1.70 bits per heavy atom. The van der Waals surface area contributed by atoms with Gasteiger partial charge in [0.1, 0.15) is 11.3 Å². The van der Waals surface area contributed by atoms with Gasteiger partial charge in [-0.3, -0.25) is 19.1 Å². The second-order valence-corrected chi connectivity index (χ2v) is 9.87. The summed E-state index contributed by atoms with van der Waals surface area (Å²) < 4.78 is 2.14. The summed E-state index contributed by atoms with van der Waals surface area (Å²) in [6, 6.07) is 11.3. The number of amides is 1. The molecule has 1 N–H and O–H groups in total. The first kappa shape index (κ1) is 26.8. The minimum Gasteiger partial charge on any atom is -0.326 e. The van der Waals surface area contributed by atoms with Crippen LogP contribution in [0.4, 0.5) is 17.5 Å². The van der Waals surface area contributed by atoms with E-state index in [1.165, 1.54) is 32.4 Å². The number of ketones is 1. The van der Waals surface area contributed by atoms with E-state index in [4.69, 9.17) is 9.97 Å². The van der Waals surface area contributed by atoms with Gasteiger partial charge in [-0.2, -0.15) is 0 Å². The average Bonchev–Trinajstić information content (AvgIpc) is 3.25. The Labute approximate surface area is 220 Å². The average molecular weight is 505 g/mol. The molecule has 1 saturated heterocycles. The standard InChI is InChI=1S/C29H40N6O2/c1-4-6-20-34(27(37)5-2)26-16-15-25-28(32-26)35(21-10-19-33-17-8-7-9-18-33)29(31-25)30-24-13-11-23(12-14-24)22(3)36/h11-16H,4-10,17-21H2,1-3H3,(H,30,31). The highest BCUT2D eigenvalue weighted by molar-refractivity contribution is 5.94. The summed E-state index contributed by atoms with van der Waals surface area (Å²) in [6.07, 6.45) is 7.27. The number of rotatable bonds is 12. The van der Waals surface area contributed by atoms with E-state index in [9.17, 15) is 9.59 Å². The number of imidazole rings is 1. The number of aryl methyl sites for hydroxylation is 1. The van der Waals surface area contributed by atoms with Crippen LogP contribution in [0.5, 0.6) is 0 Å². The Morgan fingerprint density at radius 3 is 2.38 bits per heavy atom. The molecule has 198 valence electrons. The number of hydrogen-bond acceptors (Lipinski definition) is 6. The number of carbonyl (C=O) groups excluding carboxylic acids is 2. The number of aromatic nitrogens is 3. The highest BCUT2D eigenvalue weighted by Crippen LogP contribution is 2.26. The van der Waals surface area contributed by atoms with Crippen molar-refractivity contribution in [2.75, 3.05) is 36.4 Å². The van der Waals surface area contributed by atoms with Gasteiger partial charge in [-0.25, -0.2) is 9.97 Å². The first-order valence-corrected chi connectivity index (χ1v) is 13.8. The summed E-state index contributed by atoms with van der Waals surface area (Å²) in [5.74, 6) is 1.53. The third kappa shape index (κ3) is 6.74. The number of fused-ring (bicyclic) bond motifs is 1. The van der Waals surface area contributed by atoms with Gasteiger partial charge in [-0.15, -0.1) is 0 Å². The quantitative estimate of drug-likeness (QED) is 0.314. The van der Waals surface area contributed by atoms with E-state index in [1.807, 2.05) is 48.2 Å². The van der Waals surface area contributed by atoms with Crippen molar-refractivity contribution < 1.29 is 9.59 Å². The molecule has 8 heteroatoms. The Balaban J connectivity index is 1.64. The van der Waals surface area contributed by atoms with Crippen LogP contribution in [0.25, 0.3) is 11.2 Å². The van der Waals surface area contributed by atoms with Gasteiger partial charge in [-0.1, -0.05) is 26.7 Å². The maximum Gasteiger partial charge on any atom is 0.227 e. The number of nitrogens with one attached hydrogen (secondary N) is 1. The highest BCUT2D eigenvalue weighted by Gasteiger charge is 2.19. The maximum atomic E-state index is 12.7. The van der Waals surface area contributed by atoms with Crippen LogP contribution in [0.1, 0.15) is 76.1 Å². The number of likely N-dealkylation sites (tertiary alicyclic amines) is 1. The molecule has 1 amide bonds. The fourth-order valence-electron chi connectivity index (χ4n) is 4.88.